The van der Waals surface area contributed by atoms with Crippen molar-refractivity contribution >= 4 is 5.97 Å². The third-order valence-corrected chi connectivity index (χ3v) is 2.12. The fourth-order valence-corrected chi connectivity index (χ4v) is 1.36. The molecule has 0 saturated heterocycles. The summed E-state index contributed by atoms with van der Waals surface area (Å²) >= 11 is 0. The van der Waals surface area contributed by atoms with Crippen molar-refractivity contribution in [2.24, 2.45) is 0 Å². The average Bonchev–Trinajstić information content (AvgIpc) is 2.69. The van der Waals surface area contributed by atoms with Crippen LogP contribution in [0.5, 0.6) is 0 Å². The van der Waals surface area contributed by atoms with Crippen molar-refractivity contribution in [3.63, 3.8) is 0 Å². The standard InChI is InChI=1S/C11H17NO4/c1-4-5-8-10(11(13)15-3)16-9(12-8)6-7-14-2/h4-7H2,1-3H3. The maximum absolute atomic E-state index is 11.4. The molecule has 16 heavy (non-hydrogen) atoms. The number of aromatic nitrogens is 1. The summed E-state index contributed by atoms with van der Waals surface area (Å²) in [5, 5.41) is 0. The number of rotatable bonds is 6. The molecule has 0 N–H and O–H groups in total. The van der Waals surface area contributed by atoms with Crippen LogP contribution in [-0.4, -0.2) is 31.8 Å². The third-order valence-electron chi connectivity index (χ3n) is 2.12. The van der Waals surface area contributed by atoms with Gasteiger partial charge < -0.3 is 13.9 Å². The van der Waals surface area contributed by atoms with Crippen molar-refractivity contribution in [3.8, 4) is 0 Å². The SMILES string of the molecule is CCCc1nc(CCOC)oc1C(=O)OC. The minimum absolute atomic E-state index is 0.218. The zero-order chi connectivity index (χ0) is 12.0. The lowest BCUT2D eigenvalue weighted by Gasteiger charge is -1.96. The topological polar surface area (TPSA) is 61.6 Å². The molecule has 1 aromatic heterocycles. The summed E-state index contributed by atoms with van der Waals surface area (Å²) in [6, 6.07) is 0. The Morgan fingerprint density at radius 1 is 1.38 bits per heavy atom. The first-order valence-corrected chi connectivity index (χ1v) is 5.28. The number of carbonyl (C=O) groups is 1. The maximum Gasteiger partial charge on any atom is 0.375 e. The lowest BCUT2D eigenvalue weighted by Crippen LogP contribution is -2.03. The first-order valence-electron chi connectivity index (χ1n) is 5.28. The highest BCUT2D eigenvalue weighted by Gasteiger charge is 2.19. The Hall–Kier alpha value is -1.36. The molecule has 1 rings (SSSR count). The third kappa shape index (κ3) is 3.06. The highest BCUT2D eigenvalue weighted by Crippen LogP contribution is 2.14. The first-order chi connectivity index (χ1) is 7.72. The first kappa shape index (κ1) is 12.7. The largest absolute Gasteiger partial charge is 0.463 e. The predicted octanol–water partition coefficient (Wildman–Crippen LogP) is 1.60. The van der Waals surface area contributed by atoms with Crippen LogP contribution in [0.1, 0.15) is 35.5 Å². The maximum atomic E-state index is 11.4. The summed E-state index contributed by atoms with van der Waals surface area (Å²) in [5.41, 5.74) is 0.667. The Morgan fingerprint density at radius 3 is 2.69 bits per heavy atom. The van der Waals surface area contributed by atoms with Crippen molar-refractivity contribution in [2.75, 3.05) is 20.8 Å². The van der Waals surface area contributed by atoms with Crippen LogP contribution in [0.15, 0.2) is 4.42 Å². The van der Waals surface area contributed by atoms with Crippen LogP contribution < -0.4 is 0 Å². The van der Waals surface area contributed by atoms with Gasteiger partial charge in [0.1, 0.15) is 0 Å². The second-order valence-corrected chi connectivity index (χ2v) is 3.37. The molecule has 0 spiro atoms. The van der Waals surface area contributed by atoms with Crippen LogP contribution in [-0.2, 0) is 22.3 Å². The van der Waals surface area contributed by atoms with Gasteiger partial charge in [-0.2, -0.15) is 0 Å². The molecule has 5 nitrogen and oxygen atoms in total. The Balaban J connectivity index is 2.86. The molecule has 0 aliphatic rings. The van der Waals surface area contributed by atoms with E-state index < -0.39 is 5.97 Å². The van der Waals surface area contributed by atoms with E-state index in [9.17, 15) is 4.79 Å². The van der Waals surface area contributed by atoms with Gasteiger partial charge in [0.25, 0.3) is 0 Å². The Morgan fingerprint density at radius 2 is 2.12 bits per heavy atom. The van der Waals surface area contributed by atoms with E-state index in [1.54, 1.807) is 7.11 Å². The van der Waals surface area contributed by atoms with Crippen LogP contribution in [0.2, 0.25) is 0 Å². The van der Waals surface area contributed by atoms with E-state index in [1.165, 1.54) is 7.11 Å². The molecule has 0 amide bonds. The number of aryl methyl sites for hydroxylation is 1. The molecule has 0 unspecified atom stereocenters. The highest BCUT2D eigenvalue weighted by atomic mass is 16.5. The Bertz CT molecular complexity index is 346. The number of ether oxygens (including phenoxy) is 2. The van der Waals surface area contributed by atoms with Crippen molar-refractivity contribution in [1.29, 1.82) is 0 Å². The number of esters is 1. The molecule has 0 radical (unpaired) electrons. The van der Waals surface area contributed by atoms with Crippen LogP contribution in [0.25, 0.3) is 0 Å². The molecule has 0 aliphatic heterocycles. The van der Waals surface area contributed by atoms with Crippen LogP contribution in [0.3, 0.4) is 0 Å². The van der Waals surface area contributed by atoms with Crippen LogP contribution in [0.4, 0.5) is 0 Å². The fourth-order valence-electron chi connectivity index (χ4n) is 1.36. The minimum atomic E-state index is -0.473. The molecule has 90 valence electrons. The van der Waals surface area contributed by atoms with Gasteiger partial charge in [-0.15, -0.1) is 0 Å². The summed E-state index contributed by atoms with van der Waals surface area (Å²) in [5.74, 6) is 0.265. The van der Waals surface area contributed by atoms with Crippen molar-refractivity contribution in [1.82, 2.24) is 4.98 Å². The molecule has 0 fully saturated rings. The monoisotopic (exact) mass is 227 g/mol. The Kier molecular flexibility index (Phi) is 4.98. The van der Waals surface area contributed by atoms with Crippen LogP contribution in [0, 0.1) is 0 Å². The van der Waals surface area contributed by atoms with E-state index in [2.05, 4.69) is 9.72 Å². The molecule has 0 bridgehead atoms. The molecule has 1 aromatic rings. The zero-order valence-corrected chi connectivity index (χ0v) is 9.91. The molecule has 0 saturated carbocycles. The van der Waals surface area contributed by atoms with Crippen molar-refractivity contribution in [2.45, 2.75) is 26.2 Å². The van der Waals surface area contributed by atoms with Gasteiger partial charge in [-0.1, -0.05) is 13.3 Å². The molecule has 0 atom stereocenters. The number of oxazole rings is 1. The number of hydrogen-bond acceptors (Lipinski definition) is 5. The van der Waals surface area contributed by atoms with Gasteiger partial charge in [-0.3, -0.25) is 0 Å². The summed E-state index contributed by atoms with van der Waals surface area (Å²) in [4.78, 5) is 15.7. The predicted molar refractivity (Wildman–Crippen MR) is 57.4 cm³/mol. The quantitative estimate of drug-likeness (QED) is 0.691. The van der Waals surface area contributed by atoms with E-state index in [0.29, 0.717) is 31.0 Å². The fraction of sp³-hybridized carbons (Fsp3) is 0.636. The molecule has 5 heteroatoms. The average molecular weight is 227 g/mol. The highest BCUT2D eigenvalue weighted by molar-refractivity contribution is 5.87. The lowest BCUT2D eigenvalue weighted by atomic mass is 10.2. The molecule has 0 aromatic carbocycles. The lowest BCUT2D eigenvalue weighted by molar-refractivity contribution is 0.0560. The molecular weight excluding hydrogens is 210 g/mol. The van der Waals surface area contributed by atoms with Crippen molar-refractivity contribution < 1.29 is 18.7 Å². The summed E-state index contributed by atoms with van der Waals surface area (Å²) < 4.78 is 14.9. The second kappa shape index (κ2) is 6.27. The smallest absolute Gasteiger partial charge is 0.375 e. The second-order valence-electron chi connectivity index (χ2n) is 3.37. The van der Waals surface area contributed by atoms with Gasteiger partial charge in [0, 0.05) is 13.5 Å². The number of hydrogen-bond donors (Lipinski definition) is 0. The van der Waals surface area contributed by atoms with Gasteiger partial charge in [0.2, 0.25) is 5.76 Å². The Labute approximate surface area is 94.8 Å². The van der Waals surface area contributed by atoms with Crippen LogP contribution >= 0.6 is 0 Å². The number of carbonyl (C=O) groups excluding carboxylic acids is 1. The van der Waals surface area contributed by atoms with Gasteiger partial charge in [-0.25, -0.2) is 9.78 Å². The van der Waals surface area contributed by atoms with Gasteiger partial charge in [-0.05, 0) is 6.42 Å². The van der Waals surface area contributed by atoms with E-state index in [-0.39, 0.29) is 5.76 Å². The minimum Gasteiger partial charge on any atom is -0.463 e. The normalized spacial score (nSPS) is 10.4. The molecular formula is C11H17NO4. The van der Waals surface area contributed by atoms with Gasteiger partial charge in [0.15, 0.2) is 5.89 Å². The van der Waals surface area contributed by atoms with E-state index in [0.717, 1.165) is 6.42 Å². The molecule has 1 heterocycles. The van der Waals surface area contributed by atoms with Gasteiger partial charge >= 0.3 is 5.97 Å². The summed E-state index contributed by atoms with van der Waals surface area (Å²) in [7, 11) is 2.94. The number of nitrogens with zero attached hydrogens (tertiary/aromatic N) is 1. The van der Waals surface area contributed by atoms with E-state index in [4.69, 9.17) is 9.15 Å². The molecule has 0 aliphatic carbocycles. The summed E-state index contributed by atoms with van der Waals surface area (Å²) in [6.07, 6.45) is 2.17. The van der Waals surface area contributed by atoms with Crippen molar-refractivity contribution in [3.05, 3.63) is 17.3 Å². The number of methoxy groups -OCH3 is 2. The van der Waals surface area contributed by atoms with E-state index in [1.807, 2.05) is 6.92 Å². The summed E-state index contributed by atoms with van der Waals surface area (Å²) in [6.45, 7) is 2.54. The van der Waals surface area contributed by atoms with Gasteiger partial charge in [0.05, 0.1) is 19.4 Å². The van der Waals surface area contributed by atoms with E-state index >= 15 is 0 Å². The zero-order valence-electron chi connectivity index (χ0n) is 9.91.